The Morgan fingerprint density at radius 3 is 2.72 bits per heavy atom. The van der Waals surface area contributed by atoms with Gasteiger partial charge in [-0.05, 0) is 30.7 Å². The summed E-state index contributed by atoms with van der Waals surface area (Å²) in [6, 6.07) is 9.51. The van der Waals surface area contributed by atoms with E-state index in [0.29, 0.717) is 5.76 Å². The fourth-order valence-corrected chi connectivity index (χ4v) is 1.76. The quantitative estimate of drug-likeness (QED) is 0.811. The highest BCUT2D eigenvalue weighted by Crippen LogP contribution is 2.12. The van der Waals surface area contributed by atoms with Crippen LogP contribution in [0, 0.1) is 6.92 Å². The minimum Gasteiger partial charge on any atom is -0.361 e. The SMILES string of the molecule is Cc1cc(CC(=O)C=Cc2ccc(Br)cc2)on1. The summed E-state index contributed by atoms with van der Waals surface area (Å²) >= 11 is 3.36. The van der Waals surface area contributed by atoms with Gasteiger partial charge in [-0.1, -0.05) is 39.3 Å². The molecule has 1 heterocycles. The minimum atomic E-state index is -0.00549. The molecular formula is C14H12BrNO2. The summed E-state index contributed by atoms with van der Waals surface area (Å²) < 4.78 is 6.01. The molecule has 1 aromatic heterocycles. The lowest BCUT2D eigenvalue weighted by Crippen LogP contribution is -1.96. The van der Waals surface area contributed by atoms with Crippen LogP contribution in [0.25, 0.3) is 6.08 Å². The molecule has 18 heavy (non-hydrogen) atoms. The fourth-order valence-electron chi connectivity index (χ4n) is 1.49. The summed E-state index contributed by atoms with van der Waals surface area (Å²) in [5.74, 6) is 0.590. The van der Waals surface area contributed by atoms with Crippen LogP contribution in [0.5, 0.6) is 0 Å². The summed E-state index contributed by atoms with van der Waals surface area (Å²) in [4.78, 5) is 11.7. The van der Waals surface area contributed by atoms with Crippen LogP contribution in [0.2, 0.25) is 0 Å². The van der Waals surface area contributed by atoms with Crippen molar-refractivity contribution in [2.75, 3.05) is 0 Å². The number of aryl methyl sites for hydroxylation is 1. The second-order valence-electron chi connectivity index (χ2n) is 3.96. The van der Waals surface area contributed by atoms with Crippen molar-refractivity contribution in [1.29, 1.82) is 0 Å². The fraction of sp³-hybridized carbons (Fsp3) is 0.143. The van der Waals surface area contributed by atoms with E-state index in [2.05, 4.69) is 21.1 Å². The Kier molecular flexibility index (Phi) is 4.10. The standard InChI is InChI=1S/C14H12BrNO2/c1-10-8-14(18-16-10)9-13(17)7-4-11-2-5-12(15)6-3-11/h2-8H,9H2,1H3. The maximum Gasteiger partial charge on any atom is 0.163 e. The van der Waals surface area contributed by atoms with Crippen molar-refractivity contribution in [1.82, 2.24) is 5.16 Å². The van der Waals surface area contributed by atoms with Gasteiger partial charge in [-0.3, -0.25) is 4.79 Å². The molecule has 0 spiro atoms. The average Bonchev–Trinajstić information content (AvgIpc) is 2.74. The van der Waals surface area contributed by atoms with Crippen molar-refractivity contribution in [2.24, 2.45) is 0 Å². The number of carbonyl (C=O) groups excluding carboxylic acids is 1. The first kappa shape index (κ1) is 12.8. The number of carbonyl (C=O) groups is 1. The molecule has 0 aliphatic rings. The highest BCUT2D eigenvalue weighted by Gasteiger charge is 2.05. The molecule has 0 saturated heterocycles. The Morgan fingerprint density at radius 2 is 2.11 bits per heavy atom. The second kappa shape index (κ2) is 5.78. The Hall–Kier alpha value is -1.68. The molecule has 0 aliphatic carbocycles. The Labute approximate surface area is 114 Å². The molecule has 2 aromatic rings. The van der Waals surface area contributed by atoms with Gasteiger partial charge in [0.1, 0.15) is 5.76 Å². The van der Waals surface area contributed by atoms with E-state index in [-0.39, 0.29) is 12.2 Å². The normalized spacial score (nSPS) is 11.0. The Morgan fingerprint density at radius 1 is 1.39 bits per heavy atom. The van der Waals surface area contributed by atoms with Gasteiger partial charge in [0.25, 0.3) is 0 Å². The van der Waals surface area contributed by atoms with Crippen LogP contribution in [0.15, 0.2) is 45.4 Å². The molecular weight excluding hydrogens is 294 g/mol. The van der Waals surface area contributed by atoms with E-state index in [1.54, 1.807) is 18.2 Å². The first-order chi connectivity index (χ1) is 8.63. The largest absolute Gasteiger partial charge is 0.361 e. The van der Waals surface area contributed by atoms with E-state index >= 15 is 0 Å². The van der Waals surface area contributed by atoms with Crippen LogP contribution in [-0.4, -0.2) is 10.9 Å². The summed E-state index contributed by atoms with van der Waals surface area (Å²) in [6.45, 7) is 1.83. The zero-order chi connectivity index (χ0) is 13.0. The van der Waals surface area contributed by atoms with Crippen molar-refractivity contribution in [3.63, 3.8) is 0 Å². The number of halogens is 1. The van der Waals surface area contributed by atoms with Gasteiger partial charge in [-0.25, -0.2) is 0 Å². The van der Waals surface area contributed by atoms with E-state index in [4.69, 9.17) is 4.52 Å². The molecule has 0 amide bonds. The number of allylic oxidation sites excluding steroid dienone is 1. The van der Waals surface area contributed by atoms with Gasteiger partial charge in [0.2, 0.25) is 0 Å². The highest BCUT2D eigenvalue weighted by atomic mass is 79.9. The first-order valence-electron chi connectivity index (χ1n) is 5.52. The van der Waals surface area contributed by atoms with Crippen molar-refractivity contribution >= 4 is 27.8 Å². The Balaban J connectivity index is 1.96. The van der Waals surface area contributed by atoms with Crippen LogP contribution in [0.1, 0.15) is 17.0 Å². The maximum atomic E-state index is 11.7. The lowest BCUT2D eigenvalue weighted by Gasteiger charge is -1.93. The molecule has 0 N–H and O–H groups in total. The molecule has 2 rings (SSSR count). The molecule has 0 fully saturated rings. The summed E-state index contributed by atoms with van der Waals surface area (Å²) in [6.07, 6.45) is 3.59. The third kappa shape index (κ3) is 3.67. The highest BCUT2D eigenvalue weighted by molar-refractivity contribution is 9.10. The zero-order valence-electron chi connectivity index (χ0n) is 9.89. The number of ketones is 1. The smallest absolute Gasteiger partial charge is 0.163 e. The number of hydrogen-bond acceptors (Lipinski definition) is 3. The predicted molar refractivity (Wildman–Crippen MR) is 73.1 cm³/mol. The van der Waals surface area contributed by atoms with Crippen molar-refractivity contribution in [3.05, 3.63) is 57.9 Å². The van der Waals surface area contributed by atoms with Crippen LogP contribution in [0.4, 0.5) is 0 Å². The van der Waals surface area contributed by atoms with Gasteiger partial charge in [-0.2, -0.15) is 0 Å². The summed E-state index contributed by atoms with van der Waals surface area (Å²) in [5, 5.41) is 3.74. The summed E-state index contributed by atoms with van der Waals surface area (Å²) in [7, 11) is 0. The maximum absolute atomic E-state index is 11.7. The molecule has 0 unspecified atom stereocenters. The molecule has 3 nitrogen and oxygen atoms in total. The van der Waals surface area contributed by atoms with Gasteiger partial charge < -0.3 is 4.52 Å². The number of nitrogens with zero attached hydrogens (tertiary/aromatic N) is 1. The van der Waals surface area contributed by atoms with Gasteiger partial charge >= 0.3 is 0 Å². The van der Waals surface area contributed by atoms with Gasteiger partial charge in [0.05, 0.1) is 12.1 Å². The van der Waals surface area contributed by atoms with Gasteiger partial charge in [-0.15, -0.1) is 0 Å². The first-order valence-corrected chi connectivity index (χ1v) is 6.31. The topological polar surface area (TPSA) is 43.1 Å². The number of aromatic nitrogens is 1. The zero-order valence-corrected chi connectivity index (χ0v) is 11.5. The van der Waals surface area contributed by atoms with E-state index in [9.17, 15) is 4.79 Å². The molecule has 0 bridgehead atoms. The monoisotopic (exact) mass is 305 g/mol. The molecule has 4 heteroatoms. The number of hydrogen-bond donors (Lipinski definition) is 0. The molecule has 92 valence electrons. The van der Waals surface area contributed by atoms with E-state index in [1.807, 2.05) is 31.2 Å². The van der Waals surface area contributed by atoms with Crippen LogP contribution >= 0.6 is 15.9 Å². The van der Waals surface area contributed by atoms with Crippen LogP contribution in [-0.2, 0) is 11.2 Å². The molecule has 0 atom stereocenters. The lowest BCUT2D eigenvalue weighted by molar-refractivity contribution is -0.114. The molecule has 0 aliphatic heterocycles. The molecule has 0 saturated carbocycles. The van der Waals surface area contributed by atoms with Crippen molar-refractivity contribution in [3.8, 4) is 0 Å². The molecule has 0 radical (unpaired) electrons. The van der Waals surface area contributed by atoms with E-state index < -0.39 is 0 Å². The van der Waals surface area contributed by atoms with E-state index in [0.717, 1.165) is 15.7 Å². The Bertz CT molecular complexity index is 570. The van der Waals surface area contributed by atoms with Gasteiger partial charge in [0.15, 0.2) is 5.78 Å². The van der Waals surface area contributed by atoms with Gasteiger partial charge in [0, 0.05) is 10.5 Å². The van der Waals surface area contributed by atoms with E-state index in [1.165, 1.54) is 0 Å². The third-order valence-corrected chi connectivity index (χ3v) is 2.89. The third-order valence-electron chi connectivity index (χ3n) is 2.36. The lowest BCUT2D eigenvalue weighted by atomic mass is 10.1. The second-order valence-corrected chi connectivity index (χ2v) is 4.88. The van der Waals surface area contributed by atoms with Crippen LogP contribution < -0.4 is 0 Å². The predicted octanol–water partition coefficient (Wildman–Crippen LogP) is 3.57. The van der Waals surface area contributed by atoms with Crippen LogP contribution in [0.3, 0.4) is 0 Å². The molecule has 1 aromatic carbocycles. The number of benzene rings is 1. The van der Waals surface area contributed by atoms with Crippen molar-refractivity contribution in [2.45, 2.75) is 13.3 Å². The van der Waals surface area contributed by atoms with Crippen molar-refractivity contribution < 1.29 is 9.32 Å². The average molecular weight is 306 g/mol. The number of rotatable bonds is 4. The minimum absolute atomic E-state index is 0.00549. The summed E-state index contributed by atoms with van der Waals surface area (Å²) in [5.41, 5.74) is 1.77.